The van der Waals surface area contributed by atoms with Crippen LogP contribution >= 0.6 is 0 Å². The molecule has 116 valence electrons. The first-order valence-electron chi connectivity index (χ1n) is 7.49. The Balaban J connectivity index is 1.48. The van der Waals surface area contributed by atoms with Crippen LogP contribution < -0.4 is 0 Å². The average molecular weight is 314 g/mol. The van der Waals surface area contributed by atoms with Crippen molar-refractivity contribution in [1.82, 2.24) is 30.4 Å². The Hall–Kier alpha value is -3.54. The summed E-state index contributed by atoms with van der Waals surface area (Å²) in [7, 11) is 0. The summed E-state index contributed by atoms with van der Waals surface area (Å²) < 4.78 is 0. The van der Waals surface area contributed by atoms with Gasteiger partial charge in [-0.2, -0.15) is 10.2 Å². The van der Waals surface area contributed by atoms with Gasteiger partial charge in [0.05, 0.1) is 0 Å². The molecule has 6 heteroatoms. The molecule has 0 spiro atoms. The summed E-state index contributed by atoms with van der Waals surface area (Å²) in [6, 6.07) is 16.2. The molecule has 4 aromatic rings. The molecule has 4 rings (SSSR count). The minimum atomic E-state index is 0.702. The van der Waals surface area contributed by atoms with Gasteiger partial charge in [-0.1, -0.05) is 60.7 Å². The molecule has 0 saturated carbocycles. The van der Waals surface area contributed by atoms with Crippen molar-refractivity contribution < 1.29 is 0 Å². The van der Waals surface area contributed by atoms with E-state index in [1.807, 2.05) is 48.5 Å². The van der Waals surface area contributed by atoms with Gasteiger partial charge in [0.1, 0.15) is 12.7 Å². The van der Waals surface area contributed by atoms with Gasteiger partial charge in [0, 0.05) is 11.1 Å². The second-order valence-electron chi connectivity index (χ2n) is 5.22. The predicted octanol–water partition coefficient (Wildman–Crippen LogP) is 3.43. The van der Waals surface area contributed by atoms with E-state index in [1.165, 1.54) is 0 Å². The molecular weight excluding hydrogens is 300 g/mol. The first-order chi connectivity index (χ1) is 11.9. The van der Waals surface area contributed by atoms with Crippen LogP contribution in [0.5, 0.6) is 0 Å². The maximum absolute atomic E-state index is 4.14. The lowest BCUT2D eigenvalue weighted by molar-refractivity contribution is 1.10. The molecule has 2 aromatic heterocycles. The monoisotopic (exact) mass is 314 g/mol. The second-order valence-corrected chi connectivity index (χ2v) is 5.22. The molecule has 2 N–H and O–H groups in total. The number of hydrogen-bond donors (Lipinski definition) is 2. The molecule has 0 fully saturated rings. The van der Waals surface area contributed by atoms with Gasteiger partial charge in [0.25, 0.3) is 0 Å². The molecule has 0 saturated heterocycles. The van der Waals surface area contributed by atoms with Crippen LogP contribution in [0.2, 0.25) is 0 Å². The number of hydrogen-bond acceptors (Lipinski definition) is 4. The van der Waals surface area contributed by atoms with E-state index in [0.717, 1.165) is 22.3 Å². The highest BCUT2D eigenvalue weighted by molar-refractivity contribution is 5.72. The lowest BCUT2D eigenvalue weighted by Gasteiger charge is -1.99. The summed E-state index contributed by atoms with van der Waals surface area (Å²) in [5.41, 5.74) is 4.22. The van der Waals surface area contributed by atoms with Crippen molar-refractivity contribution >= 4 is 12.2 Å². The zero-order chi connectivity index (χ0) is 16.2. The zero-order valence-electron chi connectivity index (χ0n) is 12.7. The summed E-state index contributed by atoms with van der Waals surface area (Å²) in [6.07, 6.45) is 7.30. The molecule has 0 aliphatic heterocycles. The van der Waals surface area contributed by atoms with Gasteiger partial charge >= 0.3 is 0 Å². The Morgan fingerprint density at radius 3 is 1.33 bits per heavy atom. The molecule has 2 aromatic carbocycles. The van der Waals surface area contributed by atoms with E-state index in [-0.39, 0.29) is 0 Å². The van der Waals surface area contributed by atoms with E-state index >= 15 is 0 Å². The fourth-order valence-corrected chi connectivity index (χ4v) is 2.37. The van der Waals surface area contributed by atoms with E-state index in [0.29, 0.717) is 11.6 Å². The lowest BCUT2D eigenvalue weighted by atomic mass is 10.1. The van der Waals surface area contributed by atoms with Gasteiger partial charge in [0.15, 0.2) is 11.6 Å². The van der Waals surface area contributed by atoms with Crippen LogP contribution in [0.15, 0.2) is 61.2 Å². The summed E-state index contributed by atoms with van der Waals surface area (Å²) >= 11 is 0. The van der Waals surface area contributed by atoms with Crippen LogP contribution in [0.1, 0.15) is 11.1 Å². The predicted molar refractivity (Wildman–Crippen MR) is 92.6 cm³/mol. The summed E-state index contributed by atoms with van der Waals surface area (Å²) in [5.74, 6) is 1.40. The Morgan fingerprint density at radius 1 is 0.583 bits per heavy atom. The van der Waals surface area contributed by atoms with Crippen molar-refractivity contribution in [3.8, 4) is 22.8 Å². The summed E-state index contributed by atoms with van der Waals surface area (Å²) in [6.45, 7) is 0. The van der Waals surface area contributed by atoms with Crippen molar-refractivity contribution in [3.63, 3.8) is 0 Å². The SMILES string of the molecule is C(=Cc1ccc(-c2nc[nH]n2)cc1)c1ccc(-c2nc[nH]n2)cc1. The maximum atomic E-state index is 4.14. The number of aromatic nitrogens is 6. The largest absolute Gasteiger partial charge is 0.265 e. The Bertz CT molecular complexity index is 841. The van der Waals surface area contributed by atoms with E-state index in [1.54, 1.807) is 12.7 Å². The number of nitrogens with one attached hydrogen (secondary N) is 2. The van der Waals surface area contributed by atoms with E-state index in [9.17, 15) is 0 Å². The molecular formula is C18H14N6. The fraction of sp³-hybridized carbons (Fsp3) is 0. The maximum Gasteiger partial charge on any atom is 0.180 e. The highest BCUT2D eigenvalue weighted by Crippen LogP contribution is 2.18. The fourth-order valence-electron chi connectivity index (χ4n) is 2.37. The van der Waals surface area contributed by atoms with Crippen LogP contribution in [0.3, 0.4) is 0 Å². The molecule has 24 heavy (non-hydrogen) atoms. The number of benzene rings is 2. The third-order valence-electron chi connectivity index (χ3n) is 3.64. The van der Waals surface area contributed by atoms with Crippen molar-refractivity contribution in [2.24, 2.45) is 0 Å². The van der Waals surface area contributed by atoms with E-state index in [4.69, 9.17) is 0 Å². The molecule has 2 heterocycles. The molecule has 0 bridgehead atoms. The molecule has 6 nitrogen and oxygen atoms in total. The summed E-state index contributed by atoms with van der Waals surface area (Å²) in [4.78, 5) is 8.28. The van der Waals surface area contributed by atoms with Gasteiger partial charge in [-0.15, -0.1) is 0 Å². The van der Waals surface area contributed by atoms with Crippen LogP contribution in [-0.4, -0.2) is 30.4 Å². The first-order valence-corrected chi connectivity index (χ1v) is 7.49. The standard InChI is InChI=1S/C18H14N6/c1(13-3-7-15(8-4-13)17-19-11-21-23-17)2-14-5-9-16(10-6-14)18-20-12-22-24-18/h1-12H,(H,19,21,23)(H,20,22,24). The average Bonchev–Trinajstić information content (AvgIpc) is 3.34. The molecule has 0 atom stereocenters. The normalized spacial score (nSPS) is 11.2. The first kappa shape index (κ1) is 14.1. The molecule has 0 radical (unpaired) electrons. The minimum Gasteiger partial charge on any atom is -0.265 e. The highest BCUT2D eigenvalue weighted by Gasteiger charge is 2.01. The van der Waals surface area contributed by atoms with Gasteiger partial charge in [-0.3, -0.25) is 10.2 Å². The van der Waals surface area contributed by atoms with Crippen LogP contribution in [-0.2, 0) is 0 Å². The Labute approximate surface area is 138 Å². The molecule has 0 aliphatic rings. The Morgan fingerprint density at radius 2 is 1.00 bits per heavy atom. The number of H-pyrrole nitrogens is 2. The Kier molecular flexibility index (Phi) is 3.69. The lowest BCUT2D eigenvalue weighted by Crippen LogP contribution is -1.82. The third kappa shape index (κ3) is 2.98. The molecule has 0 unspecified atom stereocenters. The van der Waals surface area contributed by atoms with Gasteiger partial charge in [-0.25, -0.2) is 9.97 Å². The molecule has 0 amide bonds. The van der Waals surface area contributed by atoms with Crippen molar-refractivity contribution in [2.75, 3.05) is 0 Å². The second kappa shape index (κ2) is 6.29. The van der Waals surface area contributed by atoms with E-state index in [2.05, 4.69) is 42.5 Å². The van der Waals surface area contributed by atoms with Crippen molar-refractivity contribution in [3.05, 3.63) is 72.3 Å². The highest BCUT2D eigenvalue weighted by atomic mass is 15.2. The number of nitrogens with zero attached hydrogens (tertiary/aromatic N) is 4. The minimum absolute atomic E-state index is 0.702. The molecule has 0 aliphatic carbocycles. The van der Waals surface area contributed by atoms with E-state index < -0.39 is 0 Å². The zero-order valence-corrected chi connectivity index (χ0v) is 12.7. The van der Waals surface area contributed by atoms with Crippen molar-refractivity contribution in [2.45, 2.75) is 0 Å². The van der Waals surface area contributed by atoms with Gasteiger partial charge in [0.2, 0.25) is 0 Å². The van der Waals surface area contributed by atoms with Gasteiger partial charge in [-0.05, 0) is 11.1 Å². The summed E-state index contributed by atoms with van der Waals surface area (Å²) in [5, 5.41) is 13.6. The topological polar surface area (TPSA) is 83.1 Å². The van der Waals surface area contributed by atoms with Crippen LogP contribution in [0.25, 0.3) is 34.9 Å². The quantitative estimate of drug-likeness (QED) is 0.565. The van der Waals surface area contributed by atoms with Crippen LogP contribution in [0, 0.1) is 0 Å². The smallest absolute Gasteiger partial charge is 0.180 e. The van der Waals surface area contributed by atoms with Crippen molar-refractivity contribution in [1.29, 1.82) is 0 Å². The van der Waals surface area contributed by atoms with Crippen LogP contribution in [0.4, 0.5) is 0 Å². The van der Waals surface area contributed by atoms with Gasteiger partial charge < -0.3 is 0 Å². The number of rotatable bonds is 4. The number of aromatic amines is 2. The third-order valence-corrected chi connectivity index (χ3v) is 3.64.